The van der Waals surface area contributed by atoms with Gasteiger partial charge in [-0.2, -0.15) is 0 Å². The van der Waals surface area contributed by atoms with Crippen molar-refractivity contribution in [2.24, 2.45) is 0 Å². The zero-order valence-corrected chi connectivity index (χ0v) is 18.2. The van der Waals surface area contributed by atoms with Gasteiger partial charge in [-0.1, -0.05) is 48.5 Å². The Morgan fingerprint density at radius 1 is 0.647 bits per heavy atom. The lowest BCUT2D eigenvalue weighted by atomic mass is 10.1. The van der Waals surface area contributed by atoms with Crippen LogP contribution in [0.15, 0.2) is 116 Å². The maximum absolute atomic E-state index is 4.90. The Balaban J connectivity index is 1.58. The number of rotatable bonds is 3. The second-order valence-electron chi connectivity index (χ2n) is 8.25. The van der Waals surface area contributed by atoms with Crippen LogP contribution >= 0.6 is 0 Å². The lowest BCUT2D eigenvalue weighted by Gasteiger charge is -2.11. The summed E-state index contributed by atoms with van der Waals surface area (Å²) in [5.41, 5.74) is 5.49. The Hall–Kier alpha value is -4.77. The standard InChI is InChI=1S/C29H19N5/c1-2-8-22(9-3-1)34-25-11-5-4-10-23(25)24-13-12-20-15-18-33(27(20)28(24)34)26-14-17-31-29(32-26)21-7-6-16-30-19-21/h1-19H. The van der Waals surface area contributed by atoms with Crippen LogP contribution in [0.4, 0.5) is 0 Å². The van der Waals surface area contributed by atoms with E-state index in [1.54, 1.807) is 12.4 Å². The number of fused-ring (bicyclic) bond motifs is 5. The van der Waals surface area contributed by atoms with Gasteiger partial charge in [0, 0.05) is 52.2 Å². The van der Waals surface area contributed by atoms with Gasteiger partial charge >= 0.3 is 0 Å². The van der Waals surface area contributed by atoms with E-state index in [0.717, 1.165) is 33.5 Å². The zero-order chi connectivity index (χ0) is 22.5. The fraction of sp³-hybridized carbons (Fsp3) is 0. The Morgan fingerprint density at radius 2 is 1.53 bits per heavy atom. The van der Waals surface area contributed by atoms with E-state index >= 15 is 0 Å². The molecule has 0 aliphatic heterocycles. The molecule has 0 aliphatic rings. The van der Waals surface area contributed by atoms with Crippen LogP contribution in [0.3, 0.4) is 0 Å². The van der Waals surface area contributed by atoms with Gasteiger partial charge in [0.25, 0.3) is 0 Å². The number of pyridine rings is 1. The van der Waals surface area contributed by atoms with Crippen molar-refractivity contribution in [2.75, 3.05) is 0 Å². The molecule has 3 aromatic carbocycles. The largest absolute Gasteiger partial charge is 0.307 e. The van der Waals surface area contributed by atoms with Crippen molar-refractivity contribution in [3.05, 3.63) is 116 Å². The third kappa shape index (κ3) is 2.77. The summed E-state index contributed by atoms with van der Waals surface area (Å²) >= 11 is 0. The van der Waals surface area contributed by atoms with E-state index in [0.29, 0.717) is 5.82 Å². The van der Waals surface area contributed by atoms with Crippen molar-refractivity contribution in [2.45, 2.75) is 0 Å². The predicted octanol–water partition coefficient (Wildman–Crippen LogP) is 6.58. The van der Waals surface area contributed by atoms with Gasteiger partial charge in [-0.05, 0) is 42.5 Å². The highest BCUT2D eigenvalue weighted by molar-refractivity contribution is 6.18. The van der Waals surface area contributed by atoms with Crippen LogP contribution in [0.1, 0.15) is 0 Å². The summed E-state index contributed by atoms with van der Waals surface area (Å²) < 4.78 is 4.52. The first kappa shape index (κ1) is 18.8. The van der Waals surface area contributed by atoms with Crippen LogP contribution in [0.2, 0.25) is 0 Å². The maximum atomic E-state index is 4.90. The molecule has 7 rings (SSSR count). The monoisotopic (exact) mass is 437 g/mol. The van der Waals surface area contributed by atoms with E-state index in [2.05, 4.69) is 98.1 Å². The molecule has 4 heterocycles. The molecule has 0 saturated carbocycles. The van der Waals surface area contributed by atoms with Crippen LogP contribution in [0.5, 0.6) is 0 Å². The van der Waals surface area contributed by atoms with Crippen LogP contribution in [0.25, 0.3) is 55.6 Å². The molecule has 0 unspecified atom stereocenters. The second-order valence-corrected chi connectivity index (χ2v) is 8.25. The summed E-state index contributed by atoms with van der Waals surface area (Å²) in [6, 6.07) is 31.5. The van der Waals surface area contributed by atoms with Gasteiger partial charge in [0.2, 0.25) is 0 Å². The van der Waals surface area contributed by atoms with Crippen molar-refractivity contribution >= 4 is 32.7 Å². The molecule has 0 spiro atoms. The van der Waals surface area contributed by atoms with E-state index < -0.39 is 0 Å². The number of hydrogen-bond acceptors (Lipinski definition) is 3. The molecule has 160 valence electrons. The highest BCUT2D eigenvalue weighted by atomic mass is 15.1. The normalized spacial score (nSPS) is 11.5. The minimum atomic E-state index is 0.656. The van der Waals surface area contributed by atoms with Gasteiger partial charge in [0.15, 0.2) is 5.82 Å². The summed E-state index contributed by atoms with van der Waals surface area (Å²) in [5, 5.41) is 3.61. The van der Waals surface area contributed by atoms with Crippen molar-refractivity contribution in [1.29, 1.82) is 0 Å². The lowest BCUT2D eigenvalue weighted by Crippen LogP contribution is -2.01. The minimum absolute atomic E-state index is 0.656. The summed E-state index contributed by atoms with van der Waals surface area (Å²) in [7, 11) is 0. The number of benzene rings is 3. The molecular formula is C29H19N5. The highest BCUT2D eigenvalue weighted by Crippen LogP contribution is 2.37. The molecule has 0 atom stereocenters. The average molecular weight is 438 g/mol. The third-order valence-corrected chi connectivity index (χ3v) is 6.31. The molecule has 7 aromatic rings. The Bertz CT molecular complexity index is 1800. The summed E-state index contributed by atoms with van der Waals surface area (Å²) in [6.07, 6.45) is 7.44. The quantitative estimate of drug-likeness (QED) is 0.314. The number of nitrogens with zero attached hydrogens (tertiary/aromatic N) is 5. The molecule has 0 saturated heterocycles. The first-order chi connectivity index (χ1) is 16.9. The van der Waals surface area contributed by atoms with Gasteiger partial charge in [-0.15, -0.1) is 0 Å². The lowest BCUT2D eigenvalue weighted by molar-refractivity contribution is 1.01. The van der Waals surface area contributed by atoms with E-state index in [1.807, 2.05) is 24.4 Å². The zero-order valence-electron chi connectivity index (χ0n) is 18.2. The Labute approximate surface area is 195 Å². The molecule has 34 heavy (non-hydrogen) atoms. The molecule has 0 amide bonds. The molecule has 0 radical (unpaired) electrons. The molecule has 0 fully saturated rings. The van der Waals surface area contributed by atoms with E-state index in [1.165, 1.54) is 16.3 Å². The molecule has 0 bridgehead atoms. The summed E-state index contributed by atoms with van der Waals surface area (Å²) in [6.45, 7) is 0. The molecule has 0 aliphatic carbocycles. The summed E-state index contributed by atoms with van der Waals surface area (Å²) in [5.74, 6) is 1.48. The van der Waals surface area contributed by atoms with Gasteiger partial charge in [0.1, 0.15) is 5.82 Å². The van der Waals surface area contributed by atoms with Crippen molar-refractivity contribution in [3.8, 4) is 22.9 Å². The topological polar surface area (TPSA) is 48.5 Å². The van der Waals surface area contributed by atoms with E-state index in [-0.39, 0.29) is 0 Å². The van der Waals surface area contributed by atoms with Gasteiger partial charge in [0.05, 0.1) is 16.6 Å². The first-order valence-electron chi connectivity index (χ1n) is 11.2. The van der Waals surface area contributed by atoms with Gasteiger partial charge < -0.3 is 4.57 Å². The van der Waals surface area contributed by atoms with Crippen LogP contribution < -0.4 is 0 Å². The molecule has 5 nitrogen and oxygen atoms in total. The van der Waals surface area contributed by atoms with Crippen molar-refractivity contribution in [3.63, 3.8) is 0 Å². The molecule has 4 aromatic heterocycles. The van der Waals surface area contributed by atoms with E-state index in [4.69, 9.17) is 4.98 Å². The number of aromatic nitrogens is 5. The van der Waals surface area contributed by atoms with Gasteiger partial charge in [-0.25, -0.2) is 9.97 Å². The van der Waals surface area contributed by atoms with Crippen LogP contribution in [-0.4, -0.2) is 24.1 Å². The van der Waals surface area contributed by atoms with Crippen LogP contribution in [-0.2, 0) is 0 Å². The molecule has 5 heteroatoms. The fourth-order valence-corrected chi connectivity index (χ4v) is 4.83. The average Bonchev–Trinajstić information content (AvgIpc) is 3.49. The highest BCUT2D eigenvalue weighted by Gasteiger charge is 2.18. The fourth-order valence-electron chi connectivity index (χ4n) is 4.83. The Kier molecular flexibility index (Phi) is 4.08. The second kappa shape index (κ2) is 7.39. The first-order valence-corrected chi connectivity index (χ1v) is 11.2. The van der Waals surface area contributed by atoms with E-state index in [9.17, 15) is 0 Å². The molecular weight excluding hydrogens is 418 g/mol. The van der Waals surface area contributed by atoms with Crippen LogP contribution in [0, 0.1) is 0 Å². The minimum Gasteiger partial charge on any atom is -0.307 e. The SMILES string of the molecule is c1ccc(-n2c3ccccc3c3ccc4ccn(-c5ccnc(-c6cccnc6)n5)c4c32)cc1. The summed E-state index contributed by atoms with van der Waals surface area (Å²) in [4.78, 5) is 13.6. The number of hydrogen-bond donors (Lipinski definition) is 0. The predicted molar refractivity (Wildman–Crippen MR) is 136 cm³/mol. The van der Waals surface area contributed by atoms with Crippen molar-refractivity contribution < 1.29 is 0 Å². The maximum Gasteiger partial charge on any atom is 0.163 e. The molecule has 0 N–H and O–H groups in total. The van der Waals surface area contributed by atoms with Gasteiger partial charge in [-0.3, -0.25) is 9.55 Å². The third-order valence-electron chi connectivity index (χ3n) is 6.31. The number of para-hydroxylation sites is 2. The Morgan fingerprint density at radius 3 is 2.41 bits per heavy atom. The van der Waals surface area contributed by atoms with Crippen molar-refractivity contribution in [1.82, 2.24) is 24.1 Å². The smallest absolute Gasteiger partial charge is 0.163 e.